The van der Waals surface area contributed by atoms with Gasteiger partial charge in [0, 0.05) is 44.3 Å². The SMILES string of the molecule is CC(C)c1c(C(=O)N2CCN(CC(=O)N3CCCCCC3)CC2)cnn1-c1cccc(Cl)c1. The van der Waals surface area contributed by atoms with Crippen molar-refractivity contribution in [1.82, 2.24) is 24.5 Å². The number of benzene rings is 1. The van der Waals surface area contributed by atoms with Crippen LogP contribution in [0, 0.1) is 0 Å². The maximum atomic E-state index is 13.4. The molecule has 0 unspecified atom stereocenters. The van der Waals surface area contributed by atoms with Crippen LogP contribution in [-0.2, 0) is 4.79 Å². The van der Waals surface area contributed by atoms with Crippen molar-refractivity contribution >= 4 is 23.4 Å². The first-order chi connectivity index (χ1) is 15.9. The first-order valence-electron chi connectivity index (χ1n) is 12.1. The molecule has 2 fully saturated rings. The molecule has 0 saturated carbocycles. The first-order valence-corrected chi connectivity index (χ1v) is 12.4. The molecule has 178 valence electrons. The zero-order valence-corrected chi connectivity index (χ0v) is 20.4. The fraction of sp³-hybridized carbons (Fsp3) is 0.560. The van der Waals surface area contributed by atoms with Gasteiger partial charge in [0.25, 0.3) is 5.91 Å². The van der Waals surface area contributed by atoms with E-state index in [1.807, 2.05) is 38.7 Å². The van der Waals surface area contributed by atoms with E-state index in [0.717, 1.165) is 37.3 Å². The largest absolute Gasteiger partial charge is 0.342 e. The molecular formula is C25H34ClN5O2. The van der Waals surface area contributed by atoms with Gasteiger partial charge in [0.2, 0.25) is 5.91 Å². The number of rotatable bonds is 5. The minimum Gasteiger partial charge on any atom is -0.342 e. The summed E-state index contributed by atoms with van der Waals surface area (Å²) in [6, 6.07) is 7.51. The molecule has 2 aliphatic rings. The minimum absolute atomic E-state index is 0.00507. The van der Waals surface area contributed by atoms with Crippen LogP contribution in [0.25, 0.3) is 5.69 Å². The fourth-order valence-electron chi connectivity index (χ4n) is 4.78. The van der Waals surface area contributed by atoms with Gasteiger partial charge in [0.1, 0.15) is 0 Å². The zero-order chi connectivity index (χ0) is 23.4. The van der Waals surface area contributed by atoms with Crippen LogP contribution in [0.5, 0.6) is 0 Å². The minimum atomic E-state index is 0.00507. The summed E-state index contributed by atoms with van der Waals surface area (Å²) in [6.07, 6.45) is 6.33. The zero-order valence-electron chi connectivity index (χ0n) is 19.7. The molecule has 0 atom stereocenters. The molecule has 2 saturated heterocycles. The van der Waals surface area contributed by atoms with Gasteiger partial charge in [-0.05, 0) is 37.0 Å². The first kappa shape index (κ1) is 23.8. The molecule has 0 spiro atoms. The number of hydrogen-bond donors (Lipinski definition) is 0. The number of amides is 2. The molecule has 2 aliphatic heterocycles. The van der Waals surface area contributed by atoms with Crippen LogP contribution in [0.1, 0.15) is 61.5 Å². The normalized spacial score (nSPS) is 17.9. The summed E-state index contributed by atoms with van der Waals surface area (Å²) in [7, 11) is 0. The number of nitrogens with zero attached hydrogens (tertiary/aromatic N) is 5. The Morgan fingerprint density at radius 3 is 2.30 bits per heavy atom. The van der Waals surface area contributed by atoms with E-state index in [1.54, 1.807) is 6.20 Å². The predicted molar refractivity (Wildman–Crippen MR) is 130 cm³/mol. The Bertz CT molecular complexity index is 973. The van der Waals surface area contributed by atoms with E-state index < -0.39 is 0 Å². The third-order valence-corrected chi connectivity index (χ3v) is 6.85. The lowest BCUT2D eigenvalue weighted by Gasteiger charge is -2.35. The molecule has 3 heterocycles. The number of halogens is 1. The van der Waals surface area contributed by atoms with Gasteiger partial charge in [-0.15, -0.1) is 0 Å². The second kappa shape index (κ2) is 10.7. The van der Waals surface area contributed by atoms with Gasteiger partial charge in [0.05, 0.1) is 29.7 Å². The van der Waals surface area contributed by atoms with E-state index in [9.17, 15) is 9.59 Å². The average molecular weight is 472 g/mol. The number of piperazine rings is 1. The highest BCUT2D eigenvalue weighted by atomic mass is 35.5. The highest BCUT2D eigenvalue weighted by Crippen LogP contribution is 2.26. The van der Waals surface area contributed by atoms with Gasteiger partial charge >= 0.3 is 0 Å². The topological polar surface area (TPSA) is 61.7 Å². The lowest BCUT2D eigenvalue weighted by atomic mass is 10.0. The smallest absolute Gasteiger partial charge is 0.257 e. The number of likely N-dealkylation sites (tertiary alicyclic amines) is 1. The second-order valence-corrected chi connectivity index (χ2v) is 9.79. The highest BCUT2D eigenvalue weighted by Gasteiger charge is 2.29. The van der Waals surface area contributed by atoms with Crippen molar-refractivity contribution in [2.45, 2.75) is 45.4 Å². The maximum absolute atomic E-state index is 13.4. The van der Waals surface area contributed by atoms with Crippen molar-refractivity contribution < 1.29 is 9.59 Å². The molecule has 0 bridgehead atoms. The van der Waals surface area contributed by atoms with E-state index in [4.69, 9.17) is 11.6 Å². The summed E-state index contributed by atoms with van der Waals surface area (Å²) >= 11 is 6.18. The molecule has 7 nitrogen and oxygen atoms in total. The summed E-state index contributed by atoms with van der Waals surface area (Å²) in [5.41, 5.74) is 2.38. The standard InChI is InChI=1S/C25H34ClN5O2/c1-19(2)24-22(17-27-31(24)21-9-7-8-20(26)16-21)25(33)30-14-12-28(13-15-30)18-23(32)29-10-5-3-4-6-11-29/h7-9,16-17,19H,3-6,10-15,18H2,1-2H3. The van der Waals surface area contributed by atoms with Gasteiger partial charge in [0.15, 0.2) is 0 Å². The Labute approximate surface area is 201 Å². The number of aromatic nitrogens is 2. The van der Waals surface area contributed by atoms with Crippen molar-refractivity contribution in [3.8, 4) is 5.69 Å². The van der Waals surface area contributed by atoms with Crippen LogP contribution in [0.4, 0.5) is 0 Å². The molecule has 2 aromatic rings. The quantitative estimate of drug-likeness (QED) is 0.665. The number of hydrogen-bond acceptors (Lipinski definition) is 4. The molecule has 33 heavy (non-hydrogen) atoms. The number of carbonyl (C=O) groups is 2. The third-order valence-electron chi connectivity index (χ3n) is 6.61. The Morgan fingerprint density at radius 2 is 1.67 bits per heavy atom. The van der Waals surface area contributed by atoms with Gasteiger partial charge in [-0.3, -0.25) is 14.5 Å². The van der Waals surface area contributed by atoms with Crippen LogP contribution < -0.4 is 0 Å². The molecule has 0 N–H and O–H groups in total. The van der Waals surface area contributed by atoms with E-state index in [2.05, 4.69) is 23.8 Å². The lowest BCUT2D eigenvalue weighted by Crippen LogP contribution is -2.51. The van der Waals surface area contributed by atoms with Crippen molar-refractivity contribution in [3.05, 3.63) is 46.7 Å². The van der Waals surface area contributed by atoms with Crippen molar-refractivity contribution in [3.63, 3.8) is 0 Å². The lowest BCUT2D eigenvalue weighted by molar-refractivity contribution is -0.132. The molecule has 0 aliphatic carbocycles. The van der Waals surface area contributed by atoms with Gasteiger partial charge < -0.3 is 9.80 Å². The van der Waals surface area contributed by atoms with Crippen molar-refractivity contribution in [2.75, 3.05) is 45.8 Å². The second-order valence-electron chi connectivity index (χ2n) is 9.35. The summed E-state index contributed by atoms with van der Waals surface area (Å²) in [5, 5.41) is 5.16. The molecule has 1 aromatic carbocycles. The van der Waals surface area contributed by atoms with Crippen molar-refractivity contribution in [1.29, 1.82) is 0 Å². The monoisotopic (exact) mass is 471 g/mol. The molecule has 8 heteroatoms. The molecule has 2 amide bonds. The Hall–Kier alpha value is -2.38. The van der Waals surface area contributed by atoms with Crippen LogP contribution in [0.2, 0.25) is 5.02 Å². The van der Waals surface area contributed by atoms with E-state index in [1.165, 1.54) is 12.8 Å². The van der Waals surface area contributed by atoms with Crippen molar-refractivity contribution in [2.24, 2.45) is 0 Å². The van der Waals surface area contributed by atoms with Crippen LogP contribution in [0.15, 0.2) is 30.5 Å². The maximum Gasteiger partial charge on any atom is 0.257 e. The Morgan fingerprint density at radius 1 is 0.970 bits per heavy atom. The van der Waals surface area contributed by atoms with E-state index in [-0.39, 0.29) is 17.7 Å². The van der Waals surface area contributed by atoms with Crippen LogP contribution in [0.3, 0.4) is 0 Å². The molecule has 1 aromatic heterocycles. The number of carbonyl (C=O) groups excluding carboxylic acids is 2. The summed E-state index contributed by atoms with van der Waals surface area (Å²) in [6.45, 7) is 9.01. The summed E-state index contributed by atoms with van der Waals surface area (Å²) in [4.78, 5) is 32.2. The predicted octanol–water partition coefficient (Wildman–Crippen LogP) is 3.81. The van der Waals surface area contributed by atoms with Crippen LogP contribution in [-0.4, -0.2) is 82.1 Å². The summed E-state index contributed by atoms with van der Waals surface area (Å²) in [5.74, 6) is 0.352. The third kappa shape index (κ3) is 5.58. The van der Waals surface area contributed by atoms with Gasteiger partial charge in [-0.25, -0.2) is 4.68 Å². The van der Waals surface area contributed by atoms with Gasteiger partial charge in [-0.2, -0.15) is 5.10 Å². The fourth-order valence-corrected chi connectivity index (χ4v) is 4.97. The Kier molecular flexibility index (Phi) is 7.71. The van der Waals surface area contributed by atoms with E-state index >= 15 is 0 Å². The summed E-state index contributed by atoms with van der Waals surface area (Å²) < 4.78 is 1.82. The van der Waals surface area contributed by atoms with E-state index in [0.29, 0.717) is 43.3 Å². The molecule has 4 rings (SSSR count). The van der Waals surface area contributed by atoms with Crippen LogP contribution >= 0.6 is 11.6 Å². The Balaban J connectivity index is 1.40. The molecular weight excluding hydrogens is 438 g/mol. The average Bonchev–Trinajstić information content (AvgIpc) is 3.07. The molecule has 0 radical (unpaired) electrons. The van der Waals surface area contributed by atoms with Gasteiger partial charge in [-0.1, -0.05) is 44.4 Å². The highest BCUT2D eigenvalue weighted by molar-refractivity contribution is 6.30.